The first kappa shape index (κ1) is 22.8. The standard InChI is InChI=1S/C26H24N8O3/c1-17-6-8-18(9-7-17)34-24-22(29-30-34)23(27-16-28-24)32-14-12-31(13-15-32)21(35)10-11-33-25(36)19-4-2-3-5-20(19)26(33)37/h2-9,16H,10-15H2,1H3. The summed E-state index contributed by atoms with van der Waals surface area (Å²) in [6.07, 6.45) is 1.60. The third-order valence-electron chi connectivity index (χ3n) is 6.86. The number of hydrogen-bond acceptors (Lipinski definition) is 8. The van der Waals surface area contributed by atoms with Crippen LogP contribution < -0.4 is 4.90 Å². The van der Waals surface area contributed by atoms with E-state index in [0.717, 1.165) is 16.2 Å². The normalized spacial score (nSPS) is 15.5. The molecule has 0 N–H and O–H groups in total. The number of imide groups is 1. The van der Waals surface area contributed by atoms with Crippen molar-refractivity contribution in [2.75, 3.05) is 37.6 Å². The van der Waals surface area contributed by atoms with Gasteiger partial charge >= 0.3 is 0 Å². The molecule has 4 heterocycles. The molecule has 2 aromatic carbocycles. The van der Waals surface area contributed by atoms with E-state index >= 15 is 0 Å². The Morgan fingerprint density at radius 3 is 2.24 bits per heavy atom. The van der Waals surface area contributed by atoms with Gasteiger partial charge in [-0.15, -0.1) is 5.10 Å². The van der Waals surface area contributed by atoms with E-state index in [2.05, 4.69) is 25.2 Å². The molecule has 0 unspecified atom stereocenters. The van der Waals surface area contributed by atoms with Gasteiger partial charge in [0.15, 0.2) is 17.0 Å². The monoisotopic (exact) mass is 496 g/mol. The van der Waals surface area contributed by atoms with Crippen LogP contribution in [0.2, 0.25) is 0 Å². The maximum absolute atomic E-state index is 12.9. The van der Waals surface area contributed by atoms with Crippen LogP contribution in [0.15, 0.2) is 54.9 Å². The highest BCUT2D eigenvalue weighted by Gasteiger charge is 2.35. The number of aryl methyl sites for hydroxylation is 1. The number of aromatic nitrogens is 5. The zero-order valence-electron chi connectivity index (χ0n) is 20.2. The molecule has 0 spiro atoms. The molecule has 4 aromatic rings. The minimum absolute atomic E-state index is 0.0695. The summed E-state index contributed by atoms with van der Waals surface area (Å²) < 4.78 is 1.69. The van der Waals surface area contributed by atoms with Crippen LogP contribution in [0.1, 0.15) is 32.7 Å². The zero-order chi connectivity index (χ0) is 25.5. The highest BCUT2D eigenvalue weighted by atomic mass is 16.2. The summed E-state index contributed by atoms with van der Waals surface area (Å²) in [6.45, 7) is 4.24. The van der Waals surface area contributed by atoms with Crippen molar-refractivity contribution in [1.29, 1.82) is 0 Å². The predicted molar refractivity (Wildman–Crippen MR) is 134 cm³/mol. The van der Waals surface area contributed by atoms with Gasteiger partial charge in [0.1, 0.15) is 6.33 Å². The molecule has 11 nitrogen and oxygen atoms in total. The maximum Gasteiger partial charge on any atom is 0.261 e. The van der Waals surface area contributed by atoms with E-state index in [1.165, 1.54) is 6.33 Å². The summed E-state index contributed by atoms with van der Waals surface area (Å²) in [5.41, 5.74) is 4.03. The first-order valence-corrected chi connectivity index (χ1v) is 12.1. The molecular formula is C26H24N8O3. The topological polar surface area (TPSA) is 117 Å². The van der Waals surface area contributed by atoms with Crippen molar-refractivity contribution >= 4 is 34.7 Å². The lowest BCUT2D eigenvalue weighted by Gasteiger charge is -2.35. The van der Waals surface area contributed by atoms with Crippen LogP contribution in [0.5, 0.6) is 0 Å². The highest BCUT2D eigenvalue weighted by Crippen LogP contribution is 2.25. The number of rotatable bonds is 5. The molecule has 186 valence electrons. The Morgan fingerprint density at radius 1 is 0.892 bits per heavy atom. The van der Waals surface area contributed by atoms with E-state index in [4.69, 9.17) is 0 Å². The summed E-state index contributed by atoms with van der Waals surface area (Å²) in [5.74, 6) is -0.0924. The van der Waals surface area contributed by atoms with Crippen LogP contribution in [-0.4, -0.2) is 85.2 Å². The van der Waals surface area contributed by atoms with Crippen molar-refractivity contribution in [2.45, 2.75) is 13.3 Å². The van der Waals surface area contributed by atoms with Gasteiger partial charge < -0.3 is 9.80 Å². The molecule has 3 amide bonds. The lowest BCUT2D eigenvalue weighted by atomic mass is 10.1. The average molecular weight is 497 g/mol. The third kappa shape index (κ3) is 3.98. The number of anilines is 1. The molecule has 0 atom stereocenters. The van der Waals surface area contributed by atoms with Crippen LogP contribution in [0.3, 0.4) is 0 Å². The second-order valence-corrected chi connectivity index (χ2v) is 9.13. The molecule has 6 rings (SSSR count). The summed E-state index contributed by atoms with van der Waals surface area (Å²) >= 11 is 0. The summed E-state index contributed by atoms with van der Waals surface area (Å²) in [6, 6.07) is 14.7. The van der Waals surface area contributed by atoms with Gasteiger partial charge in [-0.3, -0.25) is 19.3 Å². The number of nitrogens with zero attached hydrogens (tertiary/aromatic N) is 8. The number of carbonyl (C=O) groups excluding carboxylic acids is 3. The molecule has 11 heteroatoms. The van der Waals surface area contributed by atoms with Gasteiger partial charge in [0.25, 0.3) is 11.8 Å². The molecule has 1 fully saturated rings. The van der Waals surface area contributed by atoms with Crippen molar-refractivity contribution in [3.63, 3.8) is 0 Å². The van der Waals surface area contributed by atoms with Gasteiger partial charge in [0, 0.05) is 39.1 Å². The molecule has 0 bridgehead atoms. The van der Waals surface area contributed by atoms with E-state index in [1.54, 1.807) is 33.8 Å². The number of benzene rings is 2. The molecule has 0 radical (unpaired) electrons. The van der Waals surface area contributed by atoms with Crippen LogP contribution in [0.25, 0.3) is 16.9 Å². The Morgan fingerprint density at radius 2 is 1.57 bits per heavy atom. The fraction of sp³-hybridized carbons (Fsp3) is 0.269. The van der Waals surface area contributed by atoms with E-state index in [0.29, 0.717) is 54.3 Å². The van der Waals surface area contributed by atoms with Crippen molar-refractivity contribution in [2.24, 2.45) is 0 Å². The Balaban J connectivity index is 1.10. The third-order valence-corrected chi connectivity index (χ3v) is 6.86. The first-order chi connectivity index (χ1) is 18.0. The zero-order valence-corrected chi connectivity index (χ0v) is 20.2. The lowest BCUT2D eigenvalue weighted by molar-refractivity contribution is -0.131. The number of carbonyl (C=O) groups is 3. The second kappa shape index (κ2) is 9.08. The fourth-order valence-corrected chi connectivity index (χ4v) is 4.80. The summed E-state index contributed by atoms with van der Waals surface area (Å²) in [7, 11) is 0. The summed E-state index contributed by atoms with van der Waals surface area (Å²) in [4.78, 5) is 51.9. The molecule has 2 aliphatic heterocycles. The van der Waals surface area contributed by atoms with Crippen LogP contribution >= 0.6 is 0 Å². The Labute approximate surface area is 212 Å². The van der Waals surface area contributed by atoms with E-state index in [1.807, 2.05) is 31.2 Å². The first-order valence-electron chi connectivity index (χ1n) is 12.1. The predicted octanol–water partition coefficient (Wildman–Crippen LogP) is 1.85. The number of amides is 3. The van der Waals surface area contributed by atoms with Gasteiger partial charge in [-0.05, 0) is 31.2 Å². The maximum atomic E-state index is 12.9. The van der Waals surface area contributed by atoms with Crippen LogP contribution in [0, 0.1) is 6.92 Å². The van der Waals surface area contributed by atoms with Gasteiger partial charge in [-0.1, -0.05) is 35.0 Å². The van der Waals surface area contributed by atoms with E-state index in [-0.39, 0.29) is 30.7 Å². The highest BCUT2D eigenvalue weighted by molar-refractivity contribution is 6.21. The minimum Gasteiger partial charge on any atom is -0.351 e. The molecule has 2 aromatic heterocycles. The molecule has 37 heavy (non-hydrogen) atoms. The van der Waals surface area contributed by atoms with Gasteiger partial charge in [0.05, 0.1) is 16.8 Å². The molecule has 1 saturated heterocycles. The SMILES string of the molecule is Cc1ccc(-n2nnc3c(N4CCN(C(=O)CCN5C(=O)c6ccccc6C5=O)CC4)ncnc32)cc1. The van der Waals surface area contributed by atoms with Crippen molar-refractivity contribution < 1.29 is 14.4 Å². The smallest absolute Gasteiger partial charge is 0.261 e. The average Bonchev–Trinajstić information content (AvgIpc) is 3.47. The number of fused-ring (bicyclic) bond motifs is 2. The van der Waals surface area contributed by atoms with E-state index < -0.39 is 0 Å². The van der Waals surface area contributed by atoms with Crippen LogP contribution in [0.4, 0.5) is 5.82 Å². The molecule has 0 aliphatic carbocycles. The second-order valence-electron chi connectivity index (χ2n) is 9.13. The summed E-state index contributed by atoms with van der Waals surface area (Å²) in [5, 5.41) is 8.64. The minimum atomic E-state index is -0.343. The van der Waals surface area contributed by atoms with Crippen molar-refractivity contribution in [3.8, 4) is 5.69 Å². The van der Waals surface area contributed by atoms with Crippen LogP contribution in [-0.2, 0) is 4.79 Å². The number of piperazine rings is 1. The Kier molecular flexibility index (Phi) is 5.59. The van der Waals surface area contributed by atoms with Crippen molar-refractivity contribution in [1.82, 2.24) is 34.8 Å². The Hall–Kier alpha value is -4.67. The lowest BCUT2D eigenvalue weighted by Crippen LogP contribution is -2.49. The Bertz CT molecular complexity index is 1490. The van der Waals surface area contributed by atoms with Gasteiger partial charge in [-0.2, -0.15) is 4.68 Å². The fourth-order valence-electron chi connectivity index (χ4n) is 4.80. The quantitative estimate of drug-likeness (QED) is 0.384. The van der Waals surface area contributed by atoms with Crippen molar-refractivity contribution in [3.05, 3.63) is 71.5 Å². The molecule has 0 saturated carbocycles. The van der Waals surface area contributed by atoms with Gasteiger partial charge in [0.2, 0.25) is 5.91 Å². The molecular weight excluding hydrogens is 472 g/mol. The van der Waals surface area contributed by atoms with Gasteiger partial charge in [-0.25, -0.2) is 9.97 Å². The largest absolute Gasteiger partial charge is 0.351 e. The number of hydrogen-bond donors (Lipinski definition) is 0. The van der Waals surface area contributed by atoms with E-state index in [9.17, 15) is 14.4 Å². The molecule has 2 aliphatic rings.